The fourth-order valence-electron chi connectivity index (χ4n) is 2.03. The molecule has 2 rings (SSSR count). The number of phenolic OH excluding ortho intramolecular Hbond substituents is 1. The van der Waals surface area contributed by atoms with Gasteiger partial charge in [-0.3, -0.25) is 4.79 Å². The molecule has 0 fully saturated rings. The lowest BCUT2D eigenvalue weighted by Gasteiger charge is -2.16. The molecule has 2 aromatic rings. The first-order valence-corrected chi connectivity index (χ1v) is 7.52. The molecule has 136 valence electrons. The molecule has 1 aromatic heterocycles. The quantitative estimate of drug-likeness (QED) is 0.550. The van der Waals surface area contributed by atoms with E-state index in [1.54, 1.807) is 0 Å². The molecule has 0 aliphatic rings. The summed E-state index contributed by atoms with van der Waals surface area (Å²) in [6, 6.07) is 2.41. The van der Waals surface area contributed by atoms with Crippen LogP contribution in [-0.4, -0.2) is 20.8 Å². The summed E-state index contributed by atoms with van der Waals surface area (Å²) < 4.78 is 52.4. The number of amides is 1. The van der Waals surface area contributed by atoms with E-state index in [4.69, 9.17) is 23.2 Å². The highest BCUT2D eigenvalue weighted by Crippen LogP contribution is 2.36. The van der Waals surface area contributed by atoms with Crippen molar-refractivity contribution < 1.29 is 27.5 Å². The topological polar surface area (TPSA) is 67.2 Å². The van der Waals surface area contributed by atoms with Crippen LogP contribution in [0.2, 0.25) is 10.0 Å². The second-order valence-electron chi connectivity index (χ2n) is 4.96. The summed E-state index contributed by atoms with van der Waals surface area (Å²) in [5.41, 5.74) is -2.10. The van der Waals surface area contributed by atoms with E-state index in [0.29, 0.717) is 4.68 Å². The van der Waals surface area contributed by atoms with Crippen LogP contribution in [-0.2, 0) is 4.79 Å². The number of halogens is 6. The molecule has 25 heavy (non-hydrogen) atoms. The van der Waals surface area contributed by atoms with Gasteiger partial charge in [0.25, 0.3) is 12.9 Å². The van der Waals surface area contributed by atoms with Crippen LogP contribution in [0.5, 0.6) is 5.75 Å². The summed E-state index contributed by atoms with van der Waals surface area (Å²) in [5.74, 6) is -1.20. The van der Waals surface area contributed by atoms with Crippen LogP contribution in [0.15, 0.2) is 18.2 Å². The number of rotatable bonds is 5. The van der Waals surface area contributed by atoms with Crippen LogP contribution in [0.25, 0.3) is 0 Å². The smallest absolute Gasteiger partial charge is 0.283 e. The van der Waals surface area contributed by atoms with Gasteiger partial charge in [-0.05, 0) is 25.1 Å². The molecule has 0 spiro atoms. The van der Waals surface area contributed by atoms with Gasteiger partial charge in [-0.25, -0.2) is 22.2 Å². The zero-order valence-corrected chi connectivity index (χ0v) is 14.0. The molecule has 1 aromatic carbocycles. The van der Waals surface area contributed by atoms with Gasteiger partial charge in [-0.15, -0.1) is 0 Å². The Labute approximate surface area is 149 Å². The Balaban J connectivity index is 2.36. The maximum Gasteiger partial charge on any atom is 0.283 e. The van der Waals surface area contributed by atoms with Crippen LogP contribution >= 0.6 is 23.2 Å². The molecule has 1 heterocycles. The molecule has 0 aliphatic heterocycles. The third-order valence-corrected chi connectivity index (χ3v) is 3.91. The Morgan fingerprint density at radius 2 is 1.88 bits per heavy atom. The Bertz CT molecular complexity index is 799. The third-order valence-electron chi connectivity index (χ3n) is 3.29. The number of anilines is 1. The van der Waals surface area contributed by atoms with E-state index >= 15 is 0 Å². The highest BCUT2D eigenvalue weighted by atomic mass is 35.5. The molecular weight excluding hydrogens is 389 g/mol. The number of aromatic nitrogens is 2. The highest BCUT2D eigenvalue weighted by Gasteiger charge is 2.32. The van der Waals surface area contributed by atoms with Gasteiger partial charge in [-0.2, -0.15) is 5.10 Å². The van der Waals surface area contributed by atoms with E-state index in [-0.39, 0.29) is 16.5 Å². The van der Waals surface area contributed by atoms with Crippen molar-refractivity contribution in [3.63, 3.8) is 0 Å². The lowest BCUT2D eigenvalue weighted by Crippen LogP contribution is -2.26. The third kappa shape index (κ3) is 3.98. The Morgan fingerprint density at radius 1 is 1.24 bits per heavy atom. The first kappa shape index (κ1) is 19.3. The van der Waals surface area contributed by atoms with E-state index in [2.05, 4.69) is 10.4 Å². The van der Waals surface area contributed by atoms with Crippen molar-refractivity contribution in [2.75, 3.05) is 5.32 Å². The number of carbonyl (C=O) groups excluding carboxylic acids is 1. The molecule has 11 heteroatoms. The van der Waals surface area contributed by atoms with Crippen molar-refractivity contribution >= 4 is 34.8 Å². The summed E-state index contributed by atoms with van der Waals surface area (Å²) in [4.78, 5) is 12.2. The molecule has 0 saturated carbocycles. The molecule has 1 atom stereocenters. The van der Waals surface area contributed by atoms with E-state index < -0.39 is 41.2 Å². The van der Waals surface area contributed by atoms with E-state index in [1.165, 1.54) is 25.1 Å². The van der Waals surface area contributed by atoms with Crippen molar-refractivity contribution in [1.29, 1.82) is 0 Å². The average Bonchev–Trinajstić information content (AvgIpc) is 2.87. The second-order valence-corrected chi connectivity index (χ2v) is 5.77. The molecular formula is C14H11Cl2F4N3O2. The minimum Gasteiger partial charge on any atom is -0.506 e. The molecule has 0 radical (unpaired) electrons. The summed E-state index contributed by atoms with van der Waals surface area (Å²) in [5, 5.41) is 14.6. The highest BCUT2D eigenvalue weighted by molar-refractivity contribution is 6.32. The van der Waals surface area contributed by atoms with E-state index in [0.717, 1.165) is 0 Å². The maximum absolute atomic E-state index is 13.2. The van der Waals surface area contributed by atoms with Gasteiger partial charge in [0.15, 0.2) is 0 Å². The minimum atomic E-state index is -3.22. The average molecular weight is 400 g/mol. The fraction of sp³-hybridized carbons (Fsp3) is 0.286. The largest absolute Gasteiger partial charge is 0.506 e. The fourth-order valence-corrected chi connectivity index (χ4v) is 2.49. The number of alkyl halides is 4. The van der Waals surface area contributed by atoms with Gasteiger partial charge < -0.3 is 10.4 Å². The Kier molecular flexibility index (Phi) is 5.79. The van der Waals surface area contributed by atoms with E-state index in [9.17, 15) is 27.5 Å². The summed E-state index contributed by atoms with van der Waals surface area (Å²) in [6.07, 6.45) is -6.40. The van der Waals surface area contributed by atoms with Gasteiger partial charge in [0.2, 0.25) is 5.91 Å². The second kappa shape index (κ2) is 7.49. The summed E-state index contributed by atoms with van der Waals surface area (Å²) in [6.45, 7) is 1.17. The Morgan fingerprint density at radius 3 is 2.44 bits per heavy atom. The molecule has 0 aliphatic carbocycles. The molecule has 0 saturated heterocycles. The van der Waals surface area contributed by atoms with Crippen molar-refractivity contribution in [2.45, 2.75) is 25.8 Å². The van der Waals surface area contributed by atoms with Gasteiger partial charge in [0.1, 0.15) is 23.2 Å². The van der Waals surface area contributed by atoms with Gasteiger partial charge in [-0.1, -0.05) is 23.2 Å². The predicted molar refractivity (Wildman–Crippen MR) is 83.6 cm³/mol. The SMILES string of the molecule is CC(C(=O)Nc1cc(Cl)ccc1O)n1nc(C(F)F)c(Cl)c1C(F)F. The molecule has 2 N–H and O–H groups in total. The zero-order valence-electron chi connectivity index (χ0n) is 12.5. The number of carbonyl (C=O) groups is 1. The Hall–Kier alpha value is -2.00. The number of hydrogen-bond acceptors (Lipinski definition) is 3. The zero-order chi connectivity index (χ0) is 18.9. The van der Waals surface area contributed by atoms with Crippen molar-refractivity contribution in [3.05, 3.63) is 39.6 Å². The minimum absolute atomic E-state index is 0.0738. The standard InChI is InChI=1S/C14H11Cl2F4N3O2/c1-5(14(25)21-7-4-6(15)2-3-8(7)24)23-11(13(19)20)9(16)10(22-23)12(17)18/h2-5,12-13,24H,1H3,(H,21,25). The number of aromatic hydroxyl groups is 1. The monoisotopic (exact) mass is 399 g/mol. The molecule has 0 bridgehead atoms. The van der Waals surface area contributed by atoms with Crippen LogP contribution in [0.3, 0.4) is 0 Å². The maximum atomic E-state index is 13.2. The molecule has 5 nitrogen and oxygen atoms in total. The number of hydrogen-bond donors (Lipinski definition) is 2. The van der Waals surface area contributed by atoms with Crippen LogP contribution < -0.4 is 5.32 Å². The van der Waals surface area contributed by atoms with Crippen molar-refractivity contribution in [1.82, 2.24) is 9.78 Å². The number of nitrogens with zero attached hydrogens (tertiary/aromatic N) is 2. The number of nitrogens with one attached hydrogen (secondary N) is 1. The number of phenols is 1. The van der Waals surface area contributed by atoms with Gasteiger partial charge >= 0.3 is 0 Å². The van der Waals surface area contributed by atoms with Crippen LogP contribution in [0.4, 0.5) is 23.2 Å². The predicted octanol–water partition coefficient (Wildman–Crippen LogP) is 4.97. The van der Waals surface area contributed by atoms with Crippen LogP contribution in [0.1, 0.15) is 37.2 Å². The first-order chi connectivity index (χ1) is 11.6. The van der Waals surface area contributed by atoms with Gasteiger partial charge in [0.05, 0.1) is 10.7 Å². The lowest BCUT2D eigenvalue weighted by atomic mass is 10.2. The van der Waals surface area contributed by atoms with E-state index in [1.807, 2.05) is 0 Å². The summed E-state index contributed by atoms with van der Waals surface area (Å²) >= 11 is 11.3. The first-order valence-electron chi connectivity index (χ1n) is 6.77. The molecule has 1 amide bonds. The summed E-state index contributed by atoms with van der Waals surface area (Å²) in [7, 11) is 0. The number of benzene rings is 1. The van der Waals surface area contributed by atoms with Gasteiger partial charge in [0, 0.05) is 5.02 Å². The van der Waals surface area contributed by atoms with Crippen molar-refractivity contribution in [3.8, 4) is 5.75 Å². The molecule has 1 unspecified atom stereocenters. The van der Waals surface area contributed by atoms with Crippen LogP contribution in [0, 0.1) is 0 Å². The lowest BCUT2D eigenvalue weighted by molar-refractivity contribution is -0.119. The normalized spacial score (nSPS) is 12.7. The van der Waals surface area contributed by atoms with Crippen molar-refractivity contribution in [2.24, 2.45) is 0 Å².